The molecule has 0 bridgehead atoms. The van der Waals surface area contributed by atoms with Crippen molar-refractivity contribution in [3.63, 3.8) is 0 Å². The van der Waals surface area contributed by atoms with Gasteiger partial charge in [0.25, 0.3) is 0 Å². The van der Waals surface area contributed by atoms with E-state index in [1.807, 2.05) is 0 Å². The lowest BCUT2D eigenvalue weighted by molar-refractivity contribution is -0.260. The second-order valence-corrected chi connectivity index (χ2v) is 13.6. The average Bonchev–Trinajstić information content (AvgIpc) is 2.19. The molecule has 1 fully saturated rings. The normalized spacial score (nSPS) is 32.8. The molecule has 0 spiro atoms. The fourth-order valence-electron chi connectivity index (χ4n) is 5.50. The lowest BCUT2D eigenvalue weighted by Crippen LogP contribution is -2.65. The topological polar surface area (TPSA) is 9.23 Å². The van der Waals surface area contributed by atoms with Gasteiger partial charge >= 0.3 is 0 Å². The fourth-order valence-corrected chi connectivity index (χ4v) is 5.71. The molecule has 1 aliphatic heterocycles. The molecule has 1 rings (SSSR count). The molecule has 0 saturated carbocycles. The summed E-state index contributed by atoms with van der Waals surface area (Å²) >= 11 is 4.98. The highest BCUT2D eigenvalue weighted by Gasteiger charge is 2.60. The first-order chi connectivity index (χ1) is 10.2. The summed E-state index contributed by atoms with van der Waals surface area (Å²) in [4.78, 5) is 0. The molecule has 1 nitrogen and oxygen atoms in total. The molecule has 0 radical (unpaired) electrons. The number of thiol groups is 1. The molecule has 1 aliphatic rings. The van der Waals surface area contributed by atoms with E-state index in [1.165, 1.54) is 0 Å². The Morgan fingerprint density at radius 1 is 0.667 bits per heavy atom. The summed E-state index contributed by atoms with van der Waals surface area (Å²) in [6.45, 7) is 30.6. The summed E-state index contributed by atoms with van der Waals surface area (Å²) in [7, 11) is 0. The minimum atomic E-state index is -0.165. The lowest BCUT2D eigenvalue weighted by atomic mass is 9.49. The molecule has 24 heavy (non-hydrogen) atoms. The smallest absolute Gasteiger partial charge is 0.0757 e. The van der Waals surface area contributed by atoms with Crippen LogP contribution in [-0.2, 0) is 4.74 Å². The lowest BCUT2D eigenvalue weighted by Gasteiger charge is -2.64. The van der Waals surface area contributed by atoms with E-state index in [2.05, 4.69) is 90.0 Å². The first-order valence-corrected chi connectivity index (χ1v) is 10.1. The van der Waals surface area contributed by atoms with Crippen molar-refractivity contribution in [1.29, 1.82) is 0 Å². The maximum Gasteiger partial charge on any atom is 0.0757 e. The van der Waals surface area contributed by atoms with Gasteiger partial charge in [-0.3, -0.25) is 0 Å². The number of rotatable bonds is 1. The molecule has 144 valence electrons. The van der Waals surface area contributed by atoms with E-state index >= 15 is 0 Å². The molecular formula is C22H44OS. The van der Waals surface area contributed by atoms with Gasteiger partial charge in [0.05, 0.1) is 11.7 Å². The van der Waals surface area contributed by atoms with E-state index in [0.29, 0.717) is 17.8 Å². The SMILES string of the molecule is CC(C)(C)C1C(C(C)(C)C)C(C(C)(C)C)C(C)(C)OC1C(C)(C)S. The van der Waals surface area contributed by atoms with E-state index in [0.717, 1.165) is 0 Å². The van der Waals surface area contributed by atoms with Gasteiger partial charge in [-0.15, -0.1) is 0 Å². The van der Waals surface area contributed by atoms with Crippen molar-refractivity contribution in [2.45, 2.75) is 106 Å². The van der Waals surface area contributed by atoms with Gasteiger partial charge in [-0.2, -0.15) is 12.6 Å². The van der Waals surface area contributed by atoms with E-state index in [-0.39, 0.29) is 32.7 Å². The first kappa shape index (κ1) is 22.4. The van der Waals surface area contributed by atoms with Crippen molar-refractivity contribution in [3.05, 3.63) is 0 Å². The Balaban J connectivity index is 3.69. The Kier molecular flexibility index (Phi) is 5.76. The molecule has 2 heteroatoms. The minimum absolute atomic E-state index is 0.138. The summed E-state index contributed by atoms with van der Waals surface area (Å²) < 4.78 is 6.70. The zero-order chi connectivity index (χ0) is 19.5. The molecule has 0 aromatic rings. The predicted molar refractivity (Wildman–Crippen MR) is 111 cm³/mol. The Morgan fingerprint density at radius 2 is 1.04 bits per heavy atom. The second kappa shape index (κ2) is 6.19. The van der Waals surface area contributed by atoms with E-state index < -0.39 is 0 Å². The van der Waals surface area contributed by atoms with Crippen LogP contribution in [-0.4, -0.2) is 16.5 Å². The Bertz CT molecular complexity index is 437. The number of hydrogen-bond donors (Lipinski definition) is 1. The van der Waals surface area contributed by atoms with Crippen LogP contribution in [0.1, 0.15) is 90.0 Å². The average molecular weight is 357 g/mol. The van der Waals surface area contributed by atoms with Crippen LogP contribution < -0.4 is 0 Å². The Labute approximate surface area is 158 Å². The predicted octanol–water partition coefficient (Wildman–Crippen LogP) is 6.86. The minimum Gasteiger partial charge on any atom is -0.370 e. The molecule has 1 heterocycles. The maximum absolute atomic E-state index is 6.87. The monoisotopic (exact) mass is 356 g/mol. The highest BCUT2D eigenvalue weighted by molar-refractivity contribution is 7.81. The van der Waals surface area contributed by atoms with E-state index in [4.69, 9.17) is 17.4 Å². The molecule has 0 amide bonds. The summed E-state index contributed by atoms with van der Waals surface area (Å²) in [5.74, 6) is 1.51. The van der Waals surface area contributed by atoms with E-state index in [9.17, 15) is 0 Å². The summed E-state index contributed by atoms with van der Waals surface area (Å²) in [5.41, 5.74) is 0.413. The molecule has 0 aromatic heterocycles. The van der Waals surface area contributed by atoms with Crippen molar-refractivity contribution in [1.82, 2.24) is 0 Å². The van der Waals surface area contributed by atoms with Gasteiger partial charge in [0.15, 0.2) is 0 Å². The Morgan fingerprint density at radius 3 is 1.29 bits per heavy atom. The van der Waals surface area contributed by atoms with Crippen LogP contribution in [0.2, 0.25) is 0 Å². The molecule has 4 atom stereocenters. The van der Waals surface area contributed by atoms with E-state index in [1.54, 1.807) is 0 Å². The van der Waals surface area contributed by atoms with Crippen molar-refractivity contribution < 1.29 is 4.74 Å². The summed E-state index contributed by atoms with van der Waals surface area (Å²) in [5, 5.41) is 0. The molecule has 0 N–H and O–H groups in total. The van der Waals surface area contributed by atoms with Crippen LogP contribution in [0.25, 0.3) is 0 Å². The Hall–Kier alpha value is 0.310. The highest BCUT2D eigenvalue weighted by atomic mass is 32.1. The van der Waals surface area contributed by atoms with Crippen molar-refractivity contribution in [2.24, 2.45) is 34.0 Å². The third kappa shape index (κ3) is 4.53. The second-order valence-electron chi connectivity index (χ2n) is 12.4. The van der Waals surface area contributed by atoms with Crippen LogP contribution in [0, 0.1) is 34.0 Å². The zero-order valence-corrected chi connectivity index (χ0v) is 19.6. The zero-order valence-electron chi connectivity index (χ0n) is 18.7. The van der Waals surface area contributed by atoms with Crippen LogP contribution >= 0.6 is 12.6 Å². The van der Waals surface area contributed by atoms with Crippen molar-refractivity contribution in [3.8, 4) is 0 Å². The summed E-state index contributed by atoms with van der Waals surface area (Å²) in [6, 6.07) is 0. The third-order valence-corrected chi connectivity index (χ3v) is 6.14. The maximum atomic E-state index is 6.87. The summed E-state index contributed by atoms with van der Waals surface area (Å²) in [6.07, 6.45) is 0.138. The van der Waals surface area contributed by atoms with Crippen LogP contribution in [0.3, 0.4) is 0 Å². The van der Waals surface area contributed by atoms with Gasteiger partial charge in [0.2, 0.25) is 0 Å². The highest BCUT2D eigenvalue weighted by Crippen LogP contribution is 2.60. The van der Waals surface area contributed by atoms with Gasteiger partial charge < -0.3 is 4.74 Å². The van der Waals surface area contributed by atoms with Gasteiger partial charge in [0, 0.05) is 4.75 Å². The fraction of sp³-hybridized carbons (Fsp3) is 1.00. The van der Waals surface area contributed by atoms with Crippen LogP contribution in [0.4, 0.5) is 0 Å². The van der Waals surface area contributed by atoms with Crippen LogP contribution in [0.5, 0.6) is 0 Å². The number of hydrogen-bond acceptors (Lipinski definition) is 2. The number of ether oxygens (including phenoxy) is 1. The molecule has 1 saturated heterocycles. The quantitative estimate of drug-likeness (QED) is 0.505. The standard InChI is InChI=1S/C22H44OS/c1-18(2,3)14-15(19(4,5)6)17(22(12,13)24)23-21(10,11)16(14)20(7,8)9/h14-17,24H,1-13H3. The van der Waals surface area contributed by atoms with Gasteiger partial charge in [0.1, 0.15) is 0 Å². The third-order valence-electron chi connectivity index (χ3n) is 5.88. The molecule has 4 unspecified atom stereocenters. The first-order valence-electron chi connectivity index (χ1n) is 9.61. The van der Waals surface area contributed by atoms with Crippen molar-refractivity contribution >= 4 is 12.6 Å². The van der Waals surface area contributed by atoms with Gasteiger partial charge in [-0.1, -0.05) is 62.3 Å². The largest absolute Gasteiger partial charge is 0.370 e. The molecule has 0 aromatic carbocycles. The van der Waals surface area contributed by atoms with Gasteiger partial charge in [-0.25, -0.2) is 0 Å². The molecule has 0 aliphatic carbocycles. The molecular weight excluding hydrogens is 312 g/mol. The van der Waals surface area contributed by atoms with Crippen LogP contribution in [0.15, 0.2) is 0 Å². The van der Waals surface area contributed by atoms with Gasteiger partial charge in [-0.05, 0) is 61.7 Å². The van der Waals surface area contributed by atoms with Crippen molar-refractivity contribution in [2.75, 3.05) is 0 Å².